The van der Waals surface area contributed by atoms with Crippen LogP contribution in [0.15, 0.2) is 133 Å². The number of rotatable bonds is 9. The van der Waals surface area contributed by atoms with E-state index in [1.807, 2.05) is 29.2 Å². The Morgan fingerprint density at radius 3 is 2.05 bits per heavy atom. The highest BCUT2D eigenvalue weighted by molar-refractivity contribution is 7.79. The van der Waals surface area contributed by atoms with Gasteiger partial charge < -0.3 is 10.0 Å². The Kier molecular flexibility index (Phi) is 7.72. The monoisotopic (exact) mass is 596 g/mol. The average Bonchev–Trinajstić information content (AvgIpc) is 3.57. The number of carboxylic acid groups (broad SMARTS) is 1. The zero-order valence-electron chi connectivity index (χ0n) is 24.3. The number of para-hydroxylation sites is 1. The summed E-state index contributed by atoms with van der Waals surface area (Å²) in [5, 5.41) is 12.8. The molecule has 1 fully saturated rings. The molecule has 6 heteroatoms. The maximum absolute atomic E-state index is 14.4. The molecule has 44 heavy (non-hydrogen) atoms. The third-order valence-corrected chi connectivity index (χ3v) is 11.1. The molecule has 2 aliphatic rings. The Labute approximate surface area is 259 Å². The standard InChI is InChI=1S/C38H33N2O3P/c41-36(42)21-11-12-27-22-24-29(25-23-27)39-37(40-33-19-9-7-13-28(33)26-34(40)38(39)43)32-18-8-10-20-35(32)44(30-14-3-1-4-15-30)31-16-5-2-6-17-31/h1-10,13-20,22-25,34,37H,11-12,21,26H2,(H,41,42)/t34-,37-/m1/s1. The highest BCUT2D eigenvalue weighted by Crippen LogP contribution is 2.48. The van der Waals surface area contributed by atoms with Crippen molar-refractivity contribution in [3.8, 4) is 0 Å². The Morgan fingerprint density at radius 1 is 0.750 bits per heavy atom. The Hall–Kier alpha value is -4.73. The zero-order chi connectivity index (χ0) is 30.0. The maximum Gasteiger partial charge on any atom is 0.303 e. The van der Waals surface area contributed by atoms with E-state index in [0.717, 1.165) is 22.5 Å². The minimum absolute atomic E-state index is 0.100. The summed E-state index contributed by atoms with van der Waals surface area (Å²) >= 11 is 0. The summed E-state index contributed by atoms with van der Waals surface area (Å²) in [5.41, 5.74) is 5.37. The molecule has 0 bridgehead atoms. The summed E-state index contributed by atoms with van der Waals surface area (Å²) in [6, 6.07) is 46.3. The summed E-state index contributed by atoms with van der Waals surface area (Å²) in [6.45, 7) is 0. The molecule has 0 saturated carbocycles. The van der Waals surface area contributed by atoms with E-state index in [4.69, 9.17) is 5.11 Å². The minimum Gasteiger partial charge on any atom is -0.481 e. The summed E-state index contributed by atoms with van der Waals surface area (Å²) in [6.07, 6.45) is 1.79. The lowest BCUT2D eigenvalue weighted by molar-refractivity contribution is -0.137. The van der Waals surface area contributed by atoms with E-state index in [1.165, 1.54) is 21.5 Å². The van der Waals surface area contributed by atoms with Gasteiger partial charge in [0.1, 0.15) is 12.2 Å². The lowest BCUT2D eigenvalue weighted by Gasteiger charge is -2.34. The molecule has 2 heterocycles. The lowest BCUT2D eigenvalue weighted by Crippen LogP contribution is -2.36. The molecule has 218 valence electrons. The van der Waals surface area contributed by atoms with E-state index in [-0.39, 0.29) is 24.5 Å². The van der Waals surface area contributed by atoms with Gasteiger partial charge in [-0.3, -0.25) is 14.5 Å². The third kappa shape index (κ3) is 5.18. The molecule has 0 spiro atoms. The number of amides is 1. The van der Waals surface area contributed by atoms with Gasteiger partial charge in [-0.2, -0.15) is 0 Å². The average molecular weight is 597 g/mol. The number of benzene rings is 5. The van der Waals surface area contributed by atoms with E-state index >= 15 is 0 Å². The number of aryl methyl sites for hydroxylation is 1. The highest BCUT2D eigenvalue weighted by atomic mass is 31.1. The Bertz CT molecular complexity index is 1750. The van der Waals surface area contributed by atoms with Crippen LogP contribution in [0.4, 0.5) is 11.4 Å². The van der Waals surface area contributed by atoms with Crippen LogP contribution in [-0.4, -0.2) is 23.0 Å². The van der Waals surface area contributed by atoms with Gasteiger partial charge in [-0.05, 0) is 66.0 Å². The second kappa shape index (κ2) is 12.1. The number of anilines is 2. The minimum atomic E-state index is -0.900. The first-order chi connectivity index (χ1) is 21.6. The lowest BCUT2D eigenvalue weighted by atomic mass is 10.1. The van der Waals surface area contributed by atoms with Gasteiger partial charge in [-0.25, -0.2) is 0 Å². The topological polar surface area (TPSA) is 60.9 Å². The predicted molar refractivity (Wildman–Crippen MR) is 179 cm³/mol. The number of hydrogen-bond acceptors (Lipinski definition) is 3. The van der Waals surface area contributed by atoms with E-state index in [2.05, 4.69) is 114 Å². The van der Waals surface area contributed by atoms with Gasteiger partial charge >= 0.3 is 5.97 Å². The van der Waals surface area contributed by atoms with Crippen molar-refractivity contribution in [2.45, 2.75) is 37.9 Å². The first-order valence-corrected chi connectivity index (χ1v) is 16.4. The predicted octanol–water partition coefficient (Wildman–Crippen LogP) is 6.33. The maximum atomic E-state index is 14.4. The van der Waals surface area contributed by atoms with E-state index in [1.54, 1.807) is 0 Å². The molecule has 0 aliphatic carbocycles. The number of carboxylic acids is 1. The third-order valence-electron chi connectivity index (χ3n) is 8.60. The van der Waals surface area contributed by atoms with Crippen LogP contribution in [-0.2, 0) is 22.4 Å². The van der Waals surface area contributed by atoms with Crippen LogP contribution in [0.3, 0.4) is 0 Å². The van der Waals surface area contributed by atoms with Crippen molar-refractivity contribution in [3.63, 3.8) is 0 Å². The molecule has 0 unspecified atom stereocenters. The molecule has 1 saturated heterocycles. The van der Waals surface area contributed by atoms with Crippen LogP contribution in [0.2, 0.25) is 0 Å². The quantitative estimate of drug-likeness (QED) is 0.202. The van der Waals surface area contributed by atoms with Crippen LogP contribution < -0.4 is 25.7 Å². The number of aliphatic carboxylic acids is 1. The number of carbonyl (C=O) groups is 2. The van der Waals surface area contributed by atoms with Crippen LogP contribution in [0, 0.1) is 0 Å². The van der Waals surface area contributed by atoms with Crippen LogP contribution in [0.25, 0.3) is 0 Å². The molecule has 5 aromatic carbocycles. The first kappa shape index (κ1) is 28.1. The van der Waals surface area contributed by atoms with Gasteiger partial charge in [0, 0.05) is 29.8 Å². The molecule has 5 aromatic rings. The SMILES string of the molecule is O=C(O)CCCc1ccc(N2C(=O)[C@H]3Cc4ccccc4N3[C@@H]2c2ccccc2P(c2ccccc2)c2ccccc2)cc1. The van der Waals surface area contributed by atoms with Crippen LogP contribution >= 0.6 is 7.92 Å². The molecular weight excluding hydrogens is 563 g/mol. The molecule has 7 rings (SSSR count). The fraction of sp³-hybridized carbons (Fsp3) is 0.158. The van der Waals surface area contributed by atoms with Gasteiger partial charge in [0.2, 0.25) is 0 Å². The van der Waals surface area contributed by atoms with E-state index < -0.39 is 13.9 Å². The van der Waals surface area contributed by atoms with E-state index in [0.29, 0.717) is 19.3 Å². The molecule has 1 N–H and O–H groups in total. The van der Waals surface area contributed by atoms with Gasteiger partial charge in [-0.15, -0.1) is 0 Å². The fourth-order valence-electron chi connectivity index (χ4n) is 6.64. The molecule has 2 atom stereocenters. The van der Waals surface area contributed by atoms with Crippen LogP contribution in [0.1, 0.15) is 35.7 Å². The van der Waals surface area contributed by atoms with Crippen molar-refractivity contribution in [1.82, 2.24) is 0 Å². The zero-order valence-corrected chi connectivity index (χ0v) is 25.2. The van der Waals surface area contributed by atoms with Gasteiger partial charge in [0.05, 0.1) is 0 Å². The van der Waals surface area contributed by atoms with Gasteiger partial charge in [-0.1, -0.05) is 115 Å². The molecule has 1 amide bonds. The van der Waals surface area contributed by atoms with Crippen molar-refractivity contribution < 1.29 is 14.7 Å². The summed E-state index contributed by atoms with van der Waals surface area (Å²) in [5.74, 6) is -0.680. The van der Waals surface area contributed by atoms with Crippen molar-refractivity contribution >= 4 is 47.1 Å². The normalized spacial score (nSPS) is 17.2. The smallest absolute Gasteiger partial charge is 0.303 e. The summed E-state index contributed by atoms with van der Waals surface area (Å²) < 4.78 is 0. The van der Waals surface area contributed by atoms with E-state index in [9.17, 15) is 9.59 Å². The van der Waals surface area contributed by atoms with Crippen molar-refractivity contribution in [3.05, 3.63) is 150 Å². The number of fused-ring (bicyclic) bond motifs is 3. The highest BCUT2D eigenvalue weighted by Gasteiger charge is 2.51. The fourth-order valence-corrected chi connectivity index (χ4v) is 9.12. The molecular formula is C38H33N2O3P. The molecule has 2 aliphatic heterocycles. The largest absolute Gasteiger partial charge is 0.481 e. The summed E-state index contributed by atoms with van der Waals surface area (Å²) in [4.78, 5) is 29.8. The molecule has 5 nitrogen and oxygen atoms in total. The molecule has 0 aromatic heterocycles. The second-order valence-electron chi connectivity index (χ2n) is 11.3. The van der Waals surface area contributed by atoms with Crippen LogP contribution in [0.5, 0.6) is 0 Å². The van der Waals surface area contributed by atoms with Gasteiger partial charge in [0.25, 0.3) is 5.91 Å². The second-order valence-corrected chi connectivity index (χ2v) is 13.5. The molecule has 0 radical (unpaired) electrons. The number of carbonyl (C=O) groups excluding carboxylic acids is 1. The van der Waals surface area contributed by atoms with Crippen molar-refractivity contribution in [2.24, 2.45) is 0 Å². The van der Waals surface area contributed by atoms with Crippen molar-refractivity contribution in [2.75, 3.05) is 9.80 Å². The Balaban J connectivity index is 1.36. The summed E-state index contributed by atoms with van der Waals surface area (Å²) in [7, 11) is -0.900. The van der Waals surface area contributed by atoms with Gasteiger partial charge in [0.15, 0.2) is 0 Å². The first-order valence-electron chi connectivity index (χ1n) is 15.1. The Morgan fingerprint density at radius 2 is 1.36 bits per heavy atom. The number of hydrogen-bond donors (Lipinski definition) is 1. The number of nitrogens with zero attached hydrogens (tertiary/aromatic N) is 2. The van der Waals surface area contributed by atoms with Crippen molar-refractivity contribution in [1.29, 1.82) is 0 Å².